The normalized spacial score (nSPS) is 10.5. The average molecular weight is 314 g/mol. The van der Waals surface area contributed by atoms with Crippen LogP contribution in [-0.4, -0.2) is 9.97 Å². The Bertz CT molecular complexity index is 559. The molecule has 0 fully saturated rings. The van der Waals surface area contributed by atoms with Crippen molar-refractivity contribution >= 4 is 39.3 Å². The van der Waals surface area contributed by atoms with Crippen molar-refractivity contribution in [3.63, 3.8) is 0 Å². The highest BCUT2D eigenvalue weighted by Crippen LogP contribution is 2.26. The highest BCUT2D eigenvalue weighted by atomic mass is 79.9. The topological polar surface area (TPSA) is 77.8 Å². The van der Waals surface area contributed by atoms with E-state index in [4.69, 9.17) is 23.1 Å². The number of hydrogen-bond acceptors (Lipinski definition) is 4. The van der Waals surface area contributed by atoms with Crippen LogP contribution in [0.2, 0.25) is 5.02 Å². The Kier molecular flexibility index (Phi) is 3.49. The molecular formula is C11H10BrClN4. The first-order valence-electron chi connectivity index (χ1n) is 4.88. The zero-order valence-corrected chi connectivity index (χ0v) is 11.2. The smallest absolute Gasteiger partial charge is 0.222 e. The highest BCUT2D eigenvalue weighted by molar-refractivity contribution is 9.10. The van der Waals surface area contributed by atoms with Gasteiger partial charge in [-0.2, -0.15) is 4.98 Å². The Balaban J connectivity index is 2.40. The summed E-state index contributed by atoms with van der Waals surface area (Å²) in [5.41, 5.74) is 12.9. The van der Waals surface area contributed by atoms with E-state index >= 15 is 0 Å². The third-order valence-corrected chi connectivity index (χ3v) is 3.46. The second-order valence-corrected chi connectivity index (χ2v) is 4.73. The lowest BCUT2D eigenvalue weighted by Crippen LogP contribution is -2.05. The molecule has 0 amide bonds. The van der Waals surface area contributed by atoms with Gasteiger partial charge in [0.25, 0.3) is 0 Å². The number of nitrogen functional groups attached to an aromatic ring is 2. The van der Waals surface area contributed by atoms with E-state index in [2.05, 4.69) is 25.9 Å². The van der Waals surface area contributed by atoms with E-state index in [9.17, 15) is 0 Å². The number of benzene rings is 1. The van der Waals surface area contributed by atoms with Crippen molar-refractivity contribution in [1.29, 1.82) is 0 Å². The van der Waals surface area contributed by atoms with Gasteiger partial charge in [-0.05, 0) is 11.6 Å². The summed E-state index contributed by atoms with van der Waals surface area (Å²) in [5.74, 6) is 0.343. The second-order valence-electron chi connectivity index (χ2n) is 3.50. The number of nitrogens with zero attached hydrogens (tertiary/aromatic N) is 2. The largest absolute Gasteiger partial charge is 0.382 e. The van der Waals surface area contributed by atoms with Crippen LogP contribution in [0.15, 0.2) is 28.7 Å². The SMILES string of the molecule is Nc1nc(N)c(Cl)c(Cc2ccccc2Br)n1. The van der Waals surface area contributed by atoms with E-state index in [0.29, 0.717) is 17.1 Å². The molecule has 0 saturated heterocycles. The molecule has 4 nitrogen and oxygen atoms in total. The lowest BCUT2D eigenvalue weighted by molar-refractivity contribution is 1.04. The van der Waals surface area contributed by atoms with Crippen LogP contribution in [-0.2, 0) is 6.42 Å². The number of aromatic nitrogens is 2. The summed E-state index contributed by atoms with van der Waals surface area (Å²) in [6.07, 6.45) is 0.553. The third-order valence-electron chi connectivity index (χ3n) is 2.28. The Morgan fingerprint density at radius 3 is 2.59 bits per heavy atom. The molecule has 0 radical (unpaired) electrons. The Morgan fingerprint density at radius 1 is 1.18 bits per heavy atom. The molecule has 0 unspecified atom stereocenters. The second kappa shape index (κ2) is 4.89. The van der Waals surface area contributed by atoms with Crippen LogP contribution in [0, 0.1) is 0 Å². The summed E-state index contributed by atoms with van der Waals surface area (Å²) in [5, 5.41) is 0.356. The van der Waals surface area contributed by atoms with Gasteiger partial charge in [0.2, 0.25) is 5.95 Å². The maximum Gasteiger partial charge on any atom is 0.222 e. The van der Waals surface area contributed by atoms with Gasteiger partial charge in [0, 0.05) is 10.9 Å². The summed E-state index contributed by atoms with van der Waals surface area (Å²) in [7, 11) is 0. The molecule has 6 heteroatoms. The van der Waals surface area contributed by atoms with Crippen molar-refractivity contribution in [1.82, 2.24) is 9.97 Å². The highest BCUT2D eigenvalue weighted by Gasteiger charge is 2.11. The van der Waals surface area contributed by atoms with Crippen molar-refractivity contribution in [3.05, 3.63) is 45.0 Å². The van der Waals surface area contributed by atoms with Gasteiger partial charge in [0.15, 0.2) is 0 Å². The first-order chi connectivity index (χ1) is 8.08. The molecule has 88 valence electrons. The monoisotopic (exact) mass is 312 g/mol. The fourth-order valence-electron chi connectivity index (χ4n) is 1.47. The van der Waals surface area contributed by atoms with Gasteiger partial charge in [-0.1, -0.05) is 45.7 Å². The number of nitrogens with two attached hydrogens (primary N) is 2. The van der Waals surface area contributed by atoms with Crippen LogP contribution in [0.1, 0.15) is 11.3 Å². The van der Waals surface area contributed by atoms with Crippen molar-refractivity contribution in [3.8, 4) is 0 Å². The Labute approximate surface area is 112 Å². The molecule has 1 heterocycles. The fourth-order valence-corrected chi connectivity index (χ4v) is 2.05. The molecule has 1 aromatic heterocycles. The zero-order valence-electron chi connectivity index (χ0n) is 8.82. The molecule has 0 saturated carbocycles. The predicted molar refractivity (Wildman–Crippen MR) is 72.8 cm³/mol. The molecule has 0 spiro atoms. The number of hydrogen-bond donors (Lipinski definition) is 2. The van der Waals surface area contributed by atoms with Gasteiger partial charge >= 0.3 is 0 Å². The standard InChI is InChI=1S/C11H10BrClN4/c12-7-4-2-1-3-6(7)5-8-9(13)10(14)17-11(15)16-8/h1-4H,5H2,(H4,14,15,16,17). The molecule has 0 aliphatic carbocycles. The van der Waals surface area contributed by atoms with Crippen LogP contribution >= 0.6 is 27.5 Å². The van der Waals surface area contributed by atoms with Crippen molar-refractivity contribution in [2.24, 2.45) is 0 Å². The Hall–Kier alpha value is -1.33. The van der Waals surface area contributed by atoms with Crippen molar-refractivity contribution in [2.75, 3.05) is 11.5 Å². The Morgan fingerprint density at radius 2 is 1.88 bits per heavy atom. The summed E-state index contributed by atoms with van der Waals surface area (Å²) >= 11 is 9.51. The molecule has 4 N–H and O–H groups in total. The minimum atomic E-state index is 0.133. The first-order valence-corrected chi connectivity index (χ1v) is 6.06. The number of rotatable bonds is 2. The third kappa shape index (κ3) is 2.68. The van der Waals surface area contributed by atoms with E-state index in [0.717, 1.165) is 10.0 Å². The first kappa shape index (κ1) is 12.1. The number of halogens is 2. The zero-order chi connectivity index (χ0) is 12.4. The van der Waals surface area contributed by atoms with E-state index in [1.807, 2.05) is 24.3 Å². The lowest BCUT2D eigenvalue weighted by Gasteiger charge is -2.07. The molecule has 1 aromatic carbocycles. The minimum Gasteiger partial charge on any atom is -0.382 e. The predicted octanol–water partition coefficient (Wildman–Crippen LogP) is 2.65. The van der Waals surface area contributed by atoms with Gasteiger partial charge in [-0.25, -0.2) is 4.98 Å². The summed E-state index contributed by atoms with van der Waals surface area (Å²) in [4.78, 5) is 7.90. The van der Waals surface area contributed by atoms with Gasteiger partial charge in [-0.3, -0.25) is 0 Å². The van der Waals surface area contributed by atoms with E-state index in [-0.39, 0.29) is 11.8 Å². The quantitative estimate of drug-likeness (QED) is 0.893. The van der Waals surface area contributed by atoms with Crippen LogP contribution in [0.4, 0.5) is 11.8 Å². The maximum atomic E-state index is 6.05. The maximum absolute atomic E-state index is 6.05. The summed E-state index contributed by atoms with van der Waals surface area (Å²) in [6, 6.07) is 7.83. The molecular weight excluding hydrogens is 304 g/mol. The average Bonchev–Trinajstić information content (AvgIpc) is 2.28. The lowest BCUT2D eigenvalue weighted by atomic mass is 10.1. The molecule has 0 aliphatic heterocycles. The molecule has 2 rings (SSSR count). The van der Waals surface area contributed by atoms with Gasteiger partial charge in [0.05, 0.1) is 5.69 Å². The molecule has 0 atom stereocenters. The van der Waals surface area contributed by atoms with Crippen LogP contribution in [0.25, 0.3) is 0 Å². The molecule has 0 bridgehead atoms. The van der Waals surface area contributed by atoms with Crippen LogP contribution in [0.3, 0.4) is 0 Å². The van der Waals surface area contributed by atoms with Crippen LogP contribution in [0.5, 0.6) is 0 Å². The molecule has 0 aliphatic rings. The van der Waals surface area contributed by atoms with Crippen molar-refractivity contribution < 1.29 is 0 Å². The van der Waals surface area contributed by atoms with Gasteiger partial charge < -0.3 is 11.5 Å². The minimum absolute atomic E-state index is 0.133. The van der Waals surface area contributed by atoms with E-state index in [1.54, 1.807) is 0 Å². The molecule has 17 heavy (non-hydrogen) atoms. The fraction of sp³-hybridized carbons (Fsp3) is 0.0909. The van der Waals surface area contributed by atoms with Crippen LogP contribution < -0.4 is 11.5 Å². The van der Waals surface area contributed by atoms with E-state index in [1.165, 1.54) is 0 Å². The van der Waals surface area contributed by atoms with Gasteiger partial charge in [0.1, 0.15) is 10.8 Å². The van der Waals surface area contributed by atoms with Crippen molar-refractivity contribution in [2.45, 2.75) is 6.42 Å². The summed E-state index contributed by atoms with van der Waals surface area (Å²) < 4.78 is 0.992. The van der Waals surface area contributed by atoms with E-state index < -0.39 is 0 Å². The van der Waals surface area contributed by atoms with Gasteiger partial charge in [-0.15, -0.1) is 0 Å². The molecule has 2 aromatic rings. The summed E-state index contributed by atoms with van der Waals surface area (Å²) in [6.45, 7) is 0. The number of anilines is 2.